The standard InChI is InChI=1S/C15H17N5/c1-10(2)16-13-6-4-5-12(9-13)14-7-8-15-18-17-11(3)20(15)19-14/h4-10,16H,1-3H3. The summed E-state index contributed by atoms with van der Waals surface area (Å²) >= 11 is 0. The predicted octanol–water partition coefficient (Wildman–Crippen LogP) is 2.92. The highest BCUT2D eigenvalue weighted by Crippen LogP contribution is 2.21. The molecule has 0 saturated carbocycles. The number of anilines is 1. The van der Waals surface area contributed by atoms with Crippen LogP contribution in [0.15, 0.2) is 36.4 Å². The van der Waals surface area contributed by atoms with Crippen LogP contribution in [0, 0.1) is 6.92 Å². The molecule has 0 aliphatic heterocycles. The second kappa shape index (κ2) is 4.92. The molecule has 20 heavy (non-hydrogen) atoms. The smallest absolute Gasteiger partial charge is 0.177 e. The average Bonchev–Trinajstić information content (AvgIpc) is 2.80. The fraction of sp³-hybridized carbons (Fsp3) is 0.267. The van der Waals surface area contributed by atoms with Crippen LogP contribution in [0.4, 0.5) is 5.69 Å². The van der Waals surface area contributed by atoms with E-state index in [1.807, 2.05) is 25.1 Å². The first-order valence-corrected chi connectivity index (χ1v) is 6.69. The van der Waals surface area contributed by atoms with Crippen LogP contribution in [0.25, 0.3) is 16.9 Å². The number of fused-ring (bicyclic) bond motifs is 1. The van der Waals surface area contributed by atoms with Gasteiger partial charge in [-0.3, -0.25) is 0 Å². The van der Waals surface area contributed by atoms with Crippen molar-refractivity contribution >= 4 is 11.3 Å². The van der Waals surface area contributed by atoms with Crippen LogP contribution in [-0.4, -0.2) is 25.9 Å². The molecule has 0 aliphatic carbocycles. The monoisotopic (exact) mass is 267 g/mol. The molecule has 2 heterocycles. The van der Waals surface area contributed by atoms with Crippen molar-refractivity contribution in [2.24, 2.45) is 0 Å². The zero-order chi connectivity index (χ0) is 14.1. The Labute approximate surface area is 117 Å². The van der Waals surface area contributed by atoms with E-state index in [0.717, 1.165) is 28.4 Å². The molecule has 3 rings (SSSR count). The van der Waals surface area contributed by atoms with Crippen LogP contribution in [0.5, 0.6) is 0 Å². The Hall–Kier alpha value is -2.43. The van der Waals surface area contributed by atoms with E-state index in [1.165, 1.54) is 0 Å². The van der Waals surface area contributed by atoms with Crippen molar-refractivity contribution in [1.82, 2.24) is 19.8 Å². The summed E-state index contributed by atoms with van der Waals surface area (Å²) < 4.78 is 1.76. The molecule has 2 aromatic heterocycles. The molecule has 102 valence electrons. The van der Waals surface area contributed by atoms with Crippen molar-refractivity contribution in [1.29, 1.82) is 0 Å². The summed E-state index contributed by atoms with van der Waals surface area (Å²) in [6.07, 6.45) is 0. The van der Waals surface area contributed by atoms with Crippen molar-refractivity contribution in [3.05, 3.63) is 42.2 Å². The van der Waals surface area contributed by atoms with Crippen LogP contribution in [0.1, 0.15) is 19.7 Å². The number of aryl methyl sites for hydroxylation is 1. The Bertz CT molecular complexity index is 745. The molecule has 1 N–H and O–H groups in total. The molecular weight excluding hydrogens is 250 g/mol. The van der Waals surface area contributed by atoms with Gasteiger partial charge in [0.15, 0.2) is 11.5 Å². The normalized spacial score (nSPS) is 11.2. The van der Waals surface area contributed by atoms with Crippen LogP contribution in [0.2, 0.25) is 0 Å². The molecule has 5 heteroatoms. The summed E-state index contributed by atoms with van der Waals surface area (Å²) in [5.41, 5.74) is 3.85. The number of benzene rings is 1. The van der Waals surface area contributed by atoms with Crippen LogP contribution < -0.4 is 5.32 Å². The first-order valence-electron chi connectivity index (χ1n) is 6.69. The summed E-state index contributed by atoms with van der Waals surface area (Å²) in [4.78, 5) is 0. The third kappa shape index (κ3) is 2.34. The van der Waals surface area contributed by atoms with Gasteiger partial charge in [0, 0.05) is 17.3 Å². The van der Waals surface area contributed by atoms with Gasteiger partial charge in [-0.25, -0.2) is 0 Å². The second-order valence-corrected chi connectivity index (χ2v) is 5.12. The van der Waals surface area contributed by atoms with Crippen LogP contribution in [-0.2, 0) is 0 Å². The van der Waals surface area contributed by atoms with E-state index >= 15 is 0 Å². The van der Waals surface area contributed by atoms with Gasteiger partial charge < -0.3 is 5.32 Å². The Kier molecular flexibility index (Phi) is 3.10. The van der Waals surface area contributed by atoms with Crippen molar-refractivity contribution in [3.8, 4) is 11.3 Å². The summed E-state index contributed by atoms with van der Waals surface area (Å²) in [5, 5.41) is 16.1. The number of nitrogens with one attached hydrogen (secondary N) is 1. The minimum absolute atomic E-state index is 0.404. The zero-order valence-electron chi connectivity index (χ0n) is 11.8. The Morgan fingerprint density at radius 3 is 2.75 bits per heavy atom. The maximum atomic E-state index is 4.59. The van der Waals surface area contributed by atoms with Crippen LogP contribution >= 0.6 is 0 Å². The van der Waals surface area contributed by atoms with Gasteiger partial charge in [0.2, 0.25) is 0 Å². The highest BCUT2D eigenvalue weighted by Gasteiger charge is 2.06. The van der Waals surface area contributed by atoms with Gasteiger partial charge in [-0.05, 0) is 45.0 Å². The van der Waals surface area contributed by atoms with Crippen molar-refractivity contribution in [2.45, 2.75) is 26.8 Å². The minimum atomic E-state index is 0.404. The highest BCUT2D eigenvalue weighted by atomic mass is 15.4. The largest absolute Gasteiger partial charge is 0.383 e. The van der Waals surface area contributed by atoms with Crippen molar-refractivity contribution in [2.75, 3.05) is 5.32 Å². The lowest BCUT2D eigenvalue weighted by Crippen LogP contribution is -2.09. The quantitative estimate of drug-likeness (QED) is 0.792. The molecule has 1 aromatic carbocycles. The molecule has 0 amide bonds. The summed E-state index contributed by atoms with van der Waals surface area (Å²) in [6, 6.07) is 12.6. The zero-order valence-corrected chi connectivity index (χ0v) is 11.8. The maximum absolute atomic E-state index is 4.59. The van der Waals surface area contributed by atoms with E-state index in [9.17, 15) is 0 Å². The van der Waals surface area contributed by atoms with E-state index in [2.05, 4.69) is 52.7 Å². The van der Waals surface area contributed by atoms with Gasteiger partial charge in [0.25, 0.3) is 0 Å². The second-order valence-electron chi connectivity index (χ2n) is 5.12. The highest BCUT2D eigenvalue weighted by molar-refractivity contribution is 5.65. The Morgan fingerprint density at radius 2 is 1.95 bits per heavy atom. The predicted molar refractivity (Wildman–Crippen MR) is 79.7 cm³/mol. The molecule has 0 saturated heterocycles. The van der Waals surface area contributed by atoms with E-state index in [1.54, 1.807) is 4.52 Å². The average molecular weight is 267 g/mol. The van der Waals surface area contributed by atoms with Gasteiger partial charge in [-0.15, -0.1) is 10.2 Å². The van der Waals surface area contributed by atoms with E-state index in [-0.39, 0.29) is 0 Å². The van der Waals surface area contributed by atoms with Gasteiger partial charge in [-0.1, -0.05) is 12.1 Å². The number of hydrogen-bond donors (Lipinski definition) is 1. The first kappa shape index (κ1) is 12.6. The summed E-state index contributed by atoms with van der Waals surface area (Å²) in [6.45, 7) is 6.14. The Balaban J connectivity index is 2.03. The molecule has 0 unspecified atom stereocenters. The van der Waals surface area contributed by atoms with E-state index in [4.69, 9.17) is 0 Å². The number of nitrogens with zero attached hydrogens (tertiary/aromatic N) is 4. The first-order chi connectivity index (χ1) is 9.63. The van der Waals surface area contributed by atoms with Crippen molar-refractivity contribution in [3.63, 3.8) is 0 Å². The molecule has 5 nitrogen and oxygen atoms in total. The lowest BCUT2D eigenvalue weighted by Gasteiger charge is -2.11. The van der Waals surface area contributed by atoms with Gasteiger partial charge in [-0.2, -0.15) is 9.61 Å². The Morgan fingerprint density at radius 1 is 1.10 bits per heavy atom. The fourth-order valence-corrected chi connectivity index (χ4v) is 2.15. The molecule has 0 bridgehead atoms. The molecule has 3 aromatic rings. The van der Waals surface area contributed by atoms with E-state index in [0.29, 0.717) is 6.04 Å². The molecule has 0 radical (unpaired) electrons. The molecular formula is C15H17N5. The third-order valence-corrected chi connectivity index (χ3v) is 3.03. The lowest BCUT2D eigenvalue weighted by molar-refractivity contribution is 0.879. The topological polar surface area (TPSA) is 55.1 Å². The van der Waals surface area contributed by atoms with Crippen molar-refractivity contribution < 1.29 is 0 Å². The molecule has 0 atom stereocenters. The van der Waals surface area contributed by atoms with E-state index < -0.39 is 0 Å². The number of aromatic nitrogens is 4. The minimum Gasteiger partial charge on any atom is -0.383 e. The number of hydrogen-bond acceptors (Lipinski definition) is 4. The maximum Gasteiger partial charge on any atom is 0.177 e. The lowest BCUT2D eigenvalue weighted by atomic mass is 10.1. The third-order valence-electron chi connectivity index (χ3n) is 3.03. The fourth-order valence-electron chi connectivity index (χ4n) is 2.15. The SMILES string of the molecule is Cc1nnc2ccc(-c3cccc(NC(C)C)c3)nn12. The van der Waals surface area contributed by atoms with Crippen LogP contribution in [0.3, 0.4) is 0 Å². The summed E-state index contributed by atoms with van der Waals surface area (Å²) in [7, 11) is 0. The molecule has 0 aliphatic rings. The summed E-state index contributed by atoms with van der Waals surface area (Å²) in [5.74, 6) is 0.790. The molecule has 0 spiro atoms. The van der Waals surface area contributed by atoms with Gasteiger partial charge in [0.05, 0.1) is 5.69 Å². The molecule has 0 fully saturated rings. The number of rotatable bonds is 3. The van der Waals surface area contributed by atoms with Gasteiger partial charge >= 0.3 is 0 Å². The van der Waals surface area contributed by atoms with Gasteiger partial charge in [0.1, 0.15) is 0 Å².